The van der Waals surface area contributed by atoms with E-state index in [0.717, 1.165) is 17.5 Å². The van der Waals surface area contributed by atoms with Crippen LogP contribution < -0.4 is 10.1 Å². The van der Waals surface area contributed by atoms with E-state index in [1.54, 1.807) is 25.1 Å². The van der Waals surface area contributed by atoms with Gasteiger partial charge in [0.1, 0.15) is 11.8 Å². The summed E-state index contributed by atoms with van der Waals surface area (Å²) in [4.78, 5) is 27.4. The highest BCUT2D eigenvalue weighted by atomic mass is 35.5. The van der Waals surface area contributed by atoms with Crippen molar-refractivity contribution in [3.8, 4) is 5.75 Å². The van der Waals surface area contributed by atoms with Gasteiger partial charge in [0, 0.05) is 28.2 Å². The molecule has 0 aliphatic heterocycles. The van der Waals surface area contributed by atoms with E-state index in [2.05, 4.69) is 5.32 Å². The minimum atomic E-state index is -0.725. The number of hydrogen-bond donors (Lipinski definition) is 1. The Labute approximate surface area is 194 Å². The zero-order valence-electron chi connectivity index (χ0n) is 18.7. The van der Waals surface area contributed by atoms with Crippen LogP contribution >= 0.6 is 23.2 Å². The minimum Gasteiger partial charge on any atom is -0.484 e. The van der Waals surface area contributed by atoms with E-state index < -0.39 is 6.04 Å². The van der Waals surface area contributed by atoms with Crippen LogP contribution in [0.5, 0.6) is 5.75 Å². The maximum absolute atomic E-state index is 13.1. The SMILES string of the molecule is CC[C@H](C)NC(=O)[C@H](C)N(Cc1c(Cl)cccc1Cl)C(=O)COc1cc(C)cc(C)c1. The van der Waals surface area contributed by atoms with Crippen molar-refractivity contribution in [3.05, 3.63) is 63.1 Å². The monoisotopic (exact) mass is 464 g/mol. The van der Waals surface area contributed by atoms with Crippen LogP contribution in [0.4, 0.5) is 0 Å². The third-order valence-corrected chi connectivity index (χ3v) is 5.82. The molecular formula is C24H30Cl2N2O3. The Morgan fingerprint density at radius 2 is 1.65 bits per heavy atom. The van der Waals surface area contributed by atoms with Gasteiger partial charge in [-0.3, -0.25) is 9.59 Å². The summed E-state index contributed by atoms with van der Waals surface area (Å²) in [5.74, 6) is 0.0394. The van der Waals surface area contributed by atoms with Crippen LogP contribution in [-0.2, 0) is 16.1 Å². The summed E-state index contributed by atoms with van der Waals surface area (Å²) in [5.41, 5.74) is 2.68. The molecule has 31 heavy (non-hydrogen) atoms. The number of amides is 2. The molecular weight excluding hydrogens is 435 g/mol. The number of aryl methyl sites for hydroxylation is 2. The number of nitrogens with zero attached hydrogens (tertiary/aromatic N) is 1. The first-order valence-corrected chi connectivity index (χ1v) is 11.1. The molecule has 0 unspecified atom stereocenters. The molecule has 0 aromatic heterocycles. The van der Waals surface area contributed by atoms with Crippen molar-refractivity contribution >= 4 is 35.0 Å². The van der Waals surface area contributed by atoms with Crippen LogP contribution in [0.2, 0.25) is 10.0 Å². The third kappa shape index (κ3) is 7.15. The molecule has 2 aromatic carbocycles. The fraction of sp³-hybridized carbons (Fsp3) is 0.417. The third-order valence-electron chi connectivity index (χ3n) is 5.12. The van der Waals surface area contributed by atoms with Crippen molar-refractivity contribution < 1.29 is 14.3 Å². The molecule has 0 aliphatic carbocycles. The Kier molecular flexibility index (Phi) is 9.20. The van der Waals surface area contributed by atoms with Gasteiger partial charge in [0.05, 0.1) is 0 Å². The summed E-state index contributed by atoms with van der Waals surface area (Å²) in [6.07, 6.45) is 0.790. The van der Waals surface area contributed by atoms with Crippen molar-refractivity contribution in [2.75, 3.05) is 6.61 Å². The predicted octanol–water partition coefficient (Wildman–Crippen LogP) is 5.32. The van der Waals surface area contributed by atoms with Gasteiger partial charge in [0.25, 0.3) is 5.91 Å². The number of rotatable bonds is 9. The molecule has 0 spiro atoms. The van der Waals surface area contributed by atoms with Gasteiger partial charge in [-0.05, 0) is 69.5 Å². The quantitative estimate of drug-likeness (QED) is 0.545. The molecule has 0 bridgehead atoms. The van der Waals surface area contributed by atoms with Crippen LogP contribution in [0.15, 0.2) is 36.4 Å². The molecule has 2 aromatic rings. The van der Waals surface area contributed by atoms with Gasteiger partial charge < -0.3 is 15.0 Å². The lowest BCUT2D eigenvalue weighted by molar-refractivity contribution is -0.142. The molecule has 1 N–H and O–H groups in total. The Morgan fingerprint density at radius 1 is 1.06 bits per heavy atom. The molecule has 0 fully saturated rings. The van der Waals surface area contributed by atoms with Gasteiger partial charge in [-0.1, -0.05) is 42.3 Å². The maximum Gasteiger partial charge on any atom is 0.261 e. The number of carbonyl (C=O) groups excluding carboxylic acids is 2. The van der Waals surface area contributed by atoms with Crippen molar-refractivity contribution in [2.45, 2.75) is 59.7 Å². The summed E-state index contributed by atoms with van der Waals surface area (Å²) >= 11 is 12.6. The number of carbonyl (C=O) groups is 2. The Morgan fingerprint density at radius 3 is 2.19 bits per heavy atom. The van der Waals surface area contributed by atoms with Gasteiger partial charge in [-0.15, -0.1) is 0 Å². The van der Waals surface area contributed by atoms with Crippen molar-refractivity contribution in [2.24, 2.45) is 0 Å². The highest BCUT2D eigenvalue weighted by Gasteiger charge is 2.28. The standard InChI is InChI=1S/C24H30Cl2N2O3/c1-6-17(4)27-24(30)18(5)28(13-20-21(25)8-7-9-22(20)26)23(29)14-31-19-11-15(2)10-16(3)12-19/h7-12,17-18H,6,13-14H2,1-5H3,(H,27,30)/t17-,18-/m0/s1. The minimum absolute atomic E-state index is 0.00215. The van der Waals surface area contributed by atoms with Gasteiger partial charge in [-0.25, -0.2) is 0 Å². The van der Waals surface area contributed by atoms with E-state index in [9.17, 15) is 9.59 Å². The van der Waals surface area contributed by atoms with Crippen LogP contribution in [-0.4, -0.2) is 35.4 Å². The molecule has 0 saturated carbocycles. The lowest BCUT2D eigenvalue weighted by Gasteiger charge is -2.30. The summed E-state index contributed by atoms with van der Waals surface area (Å²) in [5, 5.41) is 3.81. The normalized spacial score (nSPS) is 12.7. The first-order valence-electron chi connectivity index (χ1n) is 10.4. The van der Waals surface area contributed by atoms with Crippen LogP contribution in [0.1, 0.15) is 43.9 Å². The molecule has 0 heterocycles. The molecule has 7 heteroatoms. The lowest BCUT2D eigenvalue weighted by Crippen LogP contribution is -2.50. The fourth-order valence-corrected chi connectivity index (χ4v) is 3.66. The molecule has 2 amide bonds. The average molecular weight is 465 g/mol. The molecule has 0 aliphatic rings. The van der Waals surface area contributed by atoms with E-state index in [1.807, 2.05) is 45.9 Å². The Balaban J connectivity index is 2.24. The molecule has 0 radical (unpaired) electrons. The van der Waals surface area contributed by atoms with Crippen LogP contribution in [0, 0.1) is 13.8 Å². The summed E-state index contributed by atoms with van der Waals surface area (Å²) < 4.78 is 5.75. The summed E-state index contributed by atoms with van der Waals surface area (Å²) in [7, 11) is 0. The zero-order valence-corrected chi connectivity index (χ0v) is 20.2. The zero-order chi connectivity index (χ0) is 23.1. The molecule has 0 saturated heterocycles. The molecule has 5 nitrogen and oxygen atoms in total. The first kappa shape index (κ1) is 25.0. The number of hydrogen-bond acceptors (Lipinski definition) is 3. The second-order valence-electron chi connectivity index (χ2n) is 7.83. The fourth-order valence-electron chi connectivity index (χ4n) is 3.15. The number of halogens is 2. The number of nitrogens with one attached hydrogen (secondary N) is 1. The largest absolute Gasteiger partial charge is 0.484 e. The van der Waals surface area contributed by atoms with Gasteiger partial charge in [0.15, 0.2) is 6.61 Å². The lowest BCUT2D eigenvalue weighted by atomic mass is 10.1. The van der Waals surface area contributed by atoms with Gasteiger partial charge in [0.2, 0.25) is 5.91 Å². The molecule has 2 atom stereocenters. The van der Waals surface area contributed by atoms with E-state index in [-0.39, 0.29) is 31.0 Å². The van der Waals surface area contributed by atoms with Gasteiger partial charge in [-0.2, -0.15) is 0 Å². The predicted molar refractivity (Wildman–Crippen MR) is 126 cm³/mol. The average Bonchev–Trinajstić information content (AvgIpc) is 2.70. The van der Waals surface area contributed by atoms with Crippen LogP contribution in [0.3, 0.4) is 0 Å². The maximum atomic E-state index is 13.1. The number of benzene rings is 2. The second kappa shape index (κ2) is 11.4. The van der Waals surface area contributed by atoms with Crippen LogP contribution in [0.25, 0.3) is 0 Å². The highest BCUT2D eigenvalue weighted by Crippen LogP contribution is 2.27. The number of ether oxygens (including phenoxy) is 1. The van der Waals surface area contributed by atoms with Crippen molar-refractivity contribution in [1.82, 2.24) is 10.2 Å². The summed E-state index contributed by atoms with van der Waals surface area (Å²) in [6, 6.07) is 10.2. The van der Waals surface area contributed by atoms with E-state index in [0.29, 0.717) is 21.4 Å². The summed E-state index contributed by atoms with van der Waals surface area (Å²) in [6.45, 7) is 9.43. The van der Waals surface area contributed by atoms with E-state index in [4.69, 9.17) is 27.9 Å². The Hall–Kier alpha value is -2.24. The van der Waals surface area contributed by atoms with E-state index >= 15 is 0 Å². The second-order valence-corrected chi connectivity index (χ2v) is 8.64. The highest BCUT2D eigenvalue weighted by molar-refractivity contribution is 6.36. The topological polar surface area (TPSA) is 58.6 Å². The van der Waals surface area contributed by atoms with Crippen molar-refractivity contribution in [3.63, 3.8) is 0 Å². The van der Waals surface area contributed by atoms with Gasteiger partial charge >= 0.3 is 0 Å². The first-order chi connectivity index (χ1) is 14.6. The van der Waals surface area contributed by atoms with Crippen molar-refractivity contribution in [1.29, 1.82) is 0 Å². The smallest absolute Gasteiger partial charge is 0.261 e. The Bertz CT molecular complexity index is 893. The molecule has 168 valence electrons. The van der Waals surface area contributed by atoms with E-state index in [1.165, 1.54) is 4.90 Å². The molecule has 2 rings (SSSR count).